The summed E-state index contributed by atoms with van der Waals surface area (Å²) in [6.45, 7) is 19.0. The van der Waals surface area contributed by atoms with Crippen LogP contribution in [0.2, 0.25) is 51.4 Å². The zero-order chi connectivity index (χ0) is 28.9. The molecule has 40 heavy (non-hydrogen) atoms. The van der Waals surface area contributed by atoms with Crippen LogP contribution in [0.15, 0.2) is 12.1 Å². The molecule has 1 fully saturated rings. The molecule has 0 aliphatic heterocycles. The normalized spacial score (nSPS) is 20.3. The van der Waals surface area contributed by atoms with Gasteiger partial charge in [-0.2, -0.15) is 10.4 Å². The first kappa shape index (κ1) is 29.1. The van der Waals surface area contributed by atoms with Crippen molar-refractivity contribution >= 4 is 32.9 Å². The van der Waals surface area contributed by atoms with Crippen molar-refractivity contribution in [3.8, 4) is 17.6 Å². The minimum absolute atomic E-state index is 0.379. The van der Waals surface area contributed by atoms with Crippen molar-refractivity contribution in [1.29, 1.82) is 5.26 Å². The van der Waals surface area contributed by atoms with Gasteiger partial charge in [0.15, 0.2) is 5.82 Å². The molecule has 2 aliphatic rings. The van der Waals surface area contributed by atoms with E-state index in [4.69, 9.17) is 19.6 Å². The van der Waals surface area contributed by atoms with Gasteiger partial charge in [-0.25, -0.2) is 9.67 Å². The molecule has 0 radical (unpaired) electrons. The monoisotopic (exact) mass is 578 g/mol. The van der Waals surface area contributed by atoms with E-state index in [1.165, 1.54) is 17.7 Å². The van der Waals surface area contributed by atoms with E-state index in [1.54, 1.807) is 0 Å². The molecule has 2 aliphatic carbocycles. The van der Waals surface area contributed by atoms with Gasteiger partial charge in [-0.3, -0.25) is 4.57 Å². The molecule has 2 atom stereocenters. The fourth-order valence-electron chi connectivity index (χ4n) is 5.75. The summed E-state index contributed by atoms with van der Waals surface area (Å²) in [6, 6.07) is 8.46. The Morgan fingerprint density at radius 2 is 1.75 bits per heavy atom. The Morgan fingerprint density at radius 3 is 2.38 bits per heavy atom. The number of fused-ring (bicyclic) bond motifs is 3. The third-order valence-electron chi connectivity index (χ3n) is 8.64. The quantitative estimate of drug-likeness (QED) is 0.193. The van der Waals surface area contributed by atoms with Crippen molar-refractivity contribution in [2.75, 3.05) is 25.6 Å². The molecule has 1 N–H and O–H groups in total. The Bertz CT molecular complexity index is 1440. The van der Waals surface area contributed by atoms with Crippen molar-refractivity contribution < 1.29 is 9.47 Å². The van der Waals surface area contributed by atoms with E-state index in [-0.39, 0.29) is 0 Å². The van der Waals surface area contributed by atoms with Crippen LogP contribution in [0.1, 0.15) is 30.2 Å². The van der Waals surface area contributed by atoms with Gasteiger partial charge in [0.1, 0.15) is 25.2 Å². The van der Waals surface area contributed by atoms with E-state index in [9.17, 15) is 5.26 Å². The Hall–Kier alpha value is -2.46. The predicted molar refractivity (Wildman–Crippen MR) is 167 cm³/mol. The Morgan fingerprint density at radius 1 is 1.07 bits per heavy atom. The lowest BCUT2D eigenvalue weighted by atomic mass is 9.87. The molecule has 0 saturated heterocycles. The second kappa shape index (κ2) is 10.7. The number of hydrogen-bond donors (Lipinski definition) is 1. The molecule has 0 bridgehead atoms. The zero-order valence-electron chi connectivity index (χ0n) is 25.6. The van der Waals surface area contributed by atoms with Crippen LogP contribution < -0.4 is 5.32 Å². The molecule has 0 spiro atoms. The van der Waals surface area contributed by atoms with Crippen molar-refractivity contribution in [3.05, 3.63) is 29.0 Å². The summed E-state index contributed by atoms with van der Waals surface area (Å²) >= 11 is 0. The molecule has 1 saturated carbocycles. The summed E-state index contributed by atoms with van der Waals surface area (Å²) in [5.41, 5.74) is 7.04. The Balaban J connectivity index is 1.54. The molecule has 2 heterocycles. The van der Waals surface area contributed by atoms with Gasteiger partial charge in [-0.05, 0) is 54.8 Å². The highest BCUT2D eigenvalue weighted by Gasteiger charge is 2.54. The van der Waals surface area contributed by atoms with E-state index >= 15 is 0 Å². The molecular weight excluding hydrogens is 533 g/mol. The van der Waals surface area contributed by atoms with Crippen molar-refractivity contribution in [1.82, 2.24) is 19.3 Å². The third-order valence-corrected chi connectivity index (χ3v) is 12.1. The highest BCUT2D eigenvalue weighted by molar-refractivity contribution is 6.76. The molecule has 5 rings (SSSR count). The number of aromatic nitrogens is 4. The molecule has 3 aromatic rings. The SMILES string of the molecule is CNc1cc2c(cc1C#N)nc(-c1nn(COCC[Si](C)(C)C)c3c1C[C@@H]1C[C@]1(C)C3)n2COCC[Si](C)(C)C. The number of rotatable bonds is 12. The van der Waals surface area contributed by atoms with Gasteiger partial charge in [0, 0.05) is 47.7 Å². The number of imidazole rings is 1. The Labute approximate surface area is 241 Å². The van der Waals surface area contributed by atoms with E-state index in [1.807, 2.05) is 19.2 Å². The number of hydrogen-bond acceptors (Lipinski definition) is 6. The fraction of sp³-hybridized carbons (Fsp3) is 0.633. The topological polar surface area (TPSA) is 89.9 Å². The summed E-state index contributed by atoms with van der Waals surface area (Å²) in [4.78, 5) is 5.10. The van der Waals surface area contributed by atoms with Crippen LogP contribution in [0.4, 0.5) is 5.69 Å². The van der Waals surface area contributed by atoms with Crippen LogP contribution in [-0.2, 0) is 35.8 Å². The fourth-order valence-corrected chi connectivity index (χ4v) is 7.26. The molecule has 0 unspecified atom stereocenters. The maximum absolute atomic E-state index is 9.75. The number of benzene rings is 1. The van der Waals surface area contributed by atoms with E-state index in [0.29, 0.717) is 30.4 Å². The maximum atomic E-state index is 9.75. The average Bonchev–Trinajstić information content (AvgIpc) is 3.24. The van der Waals surface area contributed by atoms with Crippen molar-refractivity contribution in [3.63, 3.8) is 0 Å². The largest absolute Gasteiger partial charge is 0.387 e. The summed E-state index contributed by atoms with van der Waals surface area (Å²) < 4.78 is 16.7. The molecular formula is C30H46N6O2Si2. The number of nitriles is 1. The lowest BCUT2D eigenvalue weighted by Gasteiger charge is -2.20. The van der Waals surface area contributed by atoms with Gasteiger partial charge in [0.25, 0.3) is 0 Å². The summed E-state index contributed by atoms with van der Waals surface area (Å²) in [5.74, 6) is 1.53. The second-order valence-electron chi connectivity index (χ2n) is 14.5. The van der Waals surface area contributed by atoms with Gasteiger partial charge in [0.05, 0.1) is 22.3 Å². The summed E-state index contributed by atoms with van der Waals surface area (Å²) in [7, 11) is -0.533. The number of nitrogens with one attached hydrogen (secondary N) is 1. The molecule has 1 aromatic carbocycles. The highest BCUT2D eigenvalue weighted by atomic mass is 28.3. The molecule has 8 nitrogen and oxygen atoms in total. The minimum Gasteiger partial charge on any atom is -0.387 e. The van der Waals surface area contributed by atoms with Gasteiger partial charge >= 0.3 is 0 Å². The highest BCUT2D eigenvalue weighted by Crippen LogP contribution is 2.60. The molecule has 0 amide bonds. The van der Waals surface area contributed by atoms with Gasteiger partial charge in [-0.1, -0.05) is 46.2 Å². The van der Waals surface area contributed by atoms with Crippen LogP contribution in [0.25, 0.3) is 22.6 Å². The zero-order valence-corrected chi connectivity index (χ0v) is 27.6. The lowest BCUT2D eigenvalue weighted by Crippen LogP contribution is -2.23. The van der Waals surface area contributed by atoms with E-state index in [0.717, 1.165) is 66.4 Å². The second-order valence-corrected chi connectivity index (χ2v) is 25.8. The van der Waals surface area contributed by atoms with E-state index in [2.05, 4.69) is 66.8 Å². The van der Waals surface area contributed by atoms with Crippen LogP contribution in [0, 0.1) is 22.7 Å². The van der Waals surface area contributed by atoms with Gasteiger partial charge < -0.3 is 14.8 Å². The lowest BCUT2D eigenvalue weighted by molar-refractivity contribution is 0.0756. The number of anilines is 1. The van der Waals surface area contributed by atoms with Crippen LogP contribution in [-0.4, -0.2) is 55.7 Å². The minimum atomic E-state index is -1.22. The van der Waals surface area contributed by atoms with Gasteiger partial charge in [0.2, 0.25) is 0 Å². The van der Waals surface area contributed by atoms with Crippen LogP contribution >= 0.6 is 0 Å². The summed E-state index contributed by atoms with van der Waals surface area (Å²) in [5, 5.41) is 18.1. The van der Waals surface area contributed by atoms with Crippen molar-refractivity contribution in [2.24, 2.45) is 11.3 Å². The van der Waals surface area contributed by atoms with Crippen LogP contribution in [0.5, 0.6) is 0 Å². The van der Waals surface area contributed by atoms with E-state index < -0.39 is 16.1 Å². The molecule has 216 valence electrons. The smallest absolute Gasteiger partial charge is 0.163 e. The first-order valence-electron chi connectivity index (χ1n) is 14.7. The number of ether oxygens (including phenoxy) is 2. The molecule has 2 aromatic heterocycles. The Kier molecular flexibility index (Phi) is 7.80. The number of nitrogens with zero attached hydrogens (tertiary/aromatic N) is 5. The van der Waals surface area contributed by atoms with Gasteiger partial charge in [-0.15, -0.1) is 0 Å². The standard InChI is InChI=1S/C30H46N6O2Si2/c1-30-16-22(30)14-23-27(17-30)36(20-38-10-12-40(6,7)8)34-28(23)29-33-25-13-21(18-31)24(32-2)15-26(25)35(29)19-37-9-11-39(3,4)5/h13,15,22,32H,9-12,14,16-17,19-20H2,1-8H3/t22-,30-/m1/s1. The average molecular weight is 579 g/mol. The predicted octanol–water partition coefficient (Wildman–Crippen LogP) is 6.56. The molecule has 10 heteroatoms. The third kappa shape index (κ3) is 6.08. The first-order valence-corrected chi connectivity index (χ1v) is 22.1. The van der Waals surface area contributed by atoms with Crippen LogP contribution in [0.3, 0.4) is 0 Å². The maximum Gasteiger partial charge on any atom is 0.163 e. The summed E-state index contributed by atoms with van der Waals surface area (Å²) in [6.07, 6.45) is 3.33. The first-order chi connectivity index (χ1) is 18.8. The van der Waals surface area contributed by atoms with Crippen molar-refractivity contribution in [2.45, 2.75) is 91.0 Å².